The molecule has 1 aliphatic rings. The highest BCUT2D eigenvalue weighted by Gasteiger charge is 2.52. The minimum atomic E-state index is -2.16. The first-order valence-electron chi connectivity index (χ1n) is 3.53. The van der Waals surface area contributed by atoms with Crippen LogP contribution in [0.1, 0.15) is 0 Å². The monoisotopic (exact) mass is 180 g/mol. The van der Waals surface area contributed by atoms with E-state index in [0.29, 0.717) is 0 Å². The Morgan fingerprint density at radius 2 is 1.83 bits per heavy atom. The molecule has 72 valence electrons. The van der Waals surface area contributed by atoms with Crippen LogP contribution in [0.5, 0.6) is 0 Å². The second kappa shape index (κ2) is 3.25. The third-order valence-corrected chi connectivity index (χ3v) is 1.93. The van der Waals surface area contributed by atoms with Gasteiger partial charge in [0.05, 0.1) is 13.2 Å². The summed E-state index contributed by atoms with van der Waals surface area (Å²) < 4.78 is 4.63. The average Bonchev–Trinajstić information content (AvgIpc) is 2.31. The molecule has 5 N–H and O–H groups in total. The maximum Gasteiger partial charge on any atom is 0.219 e. The van der Waals surface area contributed by atoms with Crippen LogP contribution < -0.4 is 0 Å². The van der Waals surface area contributed by atoms with Gasteiger partial charge < -0.3 is 30.3 Å². The molecule has 12 heavy (non-hydrogen) atoms. The van der Waals surface area contributed by atoms with Crippen molar-refractivity contribution in [3.05, 3.63) is 0 Å². The fourth-order valence-electron chi connectivity index (χ4n) is 1.15. The molecule has 0 radical (unpaired) electrons. The number of aliphatic hydroxyl groups excluding tert-OH is 4. The second-order valence-corrected chi connectivity index (χ2v) is 2.78. The summed E-state index contributed by atoms with van der Waals surface area (Å²) in [7, 11) is 0. The Kier molecular flexibility index (Phi) is 2.67. The summed E-state index contributed by atoms with van der Waals surface area (Å²) in [6.45, 7) is -1.36. The van der Waals surface area contributed by atoms with Crippen LogP contribution in [0.3, 0.4) is 0 Å². The summed E-state index contributed by atoms with van der Waals surface area (Å²) in [4.78, 5) is 0. The predicted molar refractivity (Wildman–Crippen MR) is 36.0 cm³/mol. The Bertz CT molecular complexity index is 162. The van der Waals surface area contributed by atoms with Crippen molar-refractivity contribution >= 4 is 0 Å². The highest BCUT2D eigenvalue weighted by atomic mass is 16.7. The van der Waals surface area contributed by atoms with Crippen molar-refractivity contribution in [3.63, 3.8) is 0 Å². The topological polar surface area (TPSA) is 110 Å². The van der Waals surface area contributed by atoms with E-state index < -0.39 is 37.3 Å². The van der Waals surface area contributed by atoms with E-state index in [1.807, 2.05) is 0 Å². The van der Waals surface area contributed by atoms with Gasteiger partial charge in [-0.1, -0.05) is 0 Å². The molecule has 1 aliphatic heterocycles. The van der Waals surface area contributed by atoms with E-state index in [1.54, 1.807) is 0 Å². The van der Waals surface area contributed by atoms with E-state index in [-0.39, 0.29) is 0 Å². The molecular weight excluding hydrogens is 168 g/mol. The molecule has 0 aromatic carbocycles. The molecular formula is C6H12O6. The summed E-state index contributed by atoms with van der Waals surface area (Å²) in [6.07, 6.45) is -4.04. The van der Waals surface area contributed by atoms with Crippen molar-refractivity contribution in [1.29, 1.82) is 0 Å². The fraction of sp³-hybridized carbons (Fsp3) is 1.00. The predicted octanol–water partition coefficient (Wildman–Crippen LogP) is -3.22. The van der Waals surface area contributed by atoms with E-state index in [2.05, 4.69) is 4.74 Å². The minimum Gasteiger partial charge on any atom is -0.394 e. The molecule has 0 saturated carbocycles. The Balaban J connectivity index is 2.72. The summed E-state index contributed by atoms with van der Waals surface area (Å²) >= 11 is 0. The van der Waals surface area contributed by atoms with E-state index in [1.165, 1.54) is 0 Å². The maximum atomic E-state index is 9.25. The van der Waals surface area contributed by atoms with E-state index in [0.717, 1.165) is 0 Å². The minimum absolute atomic E-state index is 0.527. The molecule has 0 aromatic rings. The van der Waals surface area contributed by atoms with Crippen LogP contribution in [0.2, 0.25) is 0 Å². The lowest BCUT2D eigenvalue weighted by molar-refractivity contribution is -0.248. The third-order valence-electron chi connectivity index (χ3n) is 1.93. The SMILES string of the molecule is OCC1O[C@](O)(CO)[C@@H](O)[C@H]1O. The summed E-state index contributed by atoms with van der Waals surface area (Å²) in [5.41, 5.74) is 0. The largest absolute Gasteiger partial charge is 0.394 e. The van der Waals surface area contributed by atoms with Crippen LogP contribution in [-0.2, 0) is 4.74 Å². The highest BCUT2D eigenvalue weighted by molar-refractivity contribution is 4.94. The Morgan fingerprint density at radius 3 is 2.08 bits per heavy atom. The first-order valence-corrected chi connectivity index (χ1v) is 3.53. The van der Waals surface area contributed by atoms with Crippen molar-refractivity contribution in [2.45, 2.75) is 24.1 Å². The van der Waals surface area contributed by atoms with E-state index in [9.17, 15) is 5.11 Å². The average molecular weight is 180 g/mol. The number of rotatable bonds is 2. The molecule has 6 nitrogen and oxygen atoms in total. The zero-order chi connectivity index (χ0) is 9.35. The highest BCUT2D eigenvalue weighted by Crippen LogP contribution is 2.28. The second-order valence-electron chi connectivity index (χ2n) is 2.78. The van der Waals surface area contributed by atoms with Crippen LogP contribution in [-0.4, -0.2) is 62.8 Å². The van der Waals surface area contributed by atoms with Gasteiger partial charge in [0.25, 0.3) is 0 Å². The summed E-state index contributed by atoms with van der Waals surface area (Å²) in [5, 5.41) is 44.7. The third kappa shape index (κ3) is 1.33. The molecule has 4 atom stereocenters. The molecule has 1 heterocycles. The molecule has 1 unspecified atom stereocenters. The summed E-state index contributed by atoms with van der Waals surface area (Å²) in [5.74, 6) is -2.16. The molecule has 0 amide bonds. The lowest BCUT2D eigenvalue weighted by atomic mass is 10.1. The molecule has 0 spiro atoms. The summed E-state index contributed by atoms with van der Waals surface area (Å²) in [6, 6.07) is 0. The fourth-order valence-corrected chi connectivity index (χ4v) is 1.15. The van der Waals surface area contributed by atoms with Gasteiger partial charge in [0.15, 0.2) is 0 Å². The zero-order valence-electron chi connectivity index (χ0n) is 6.29. The number of hydrogen-bond donors (Lipinski definition) is 5. The van der Waals surface area contributed by atoms with Gasteiger partial charge in [-0.25, -0.2) is 0 Å². The maximum absolute atomic E-state index is 9.25. The lowest BCUT2D eigenvalue weighted by Crippen LogP contribution is -2.46. The van der Waals surface area contributed by atoms with Crippen molar-refractivity contribution in [3.8, 4) is 0 Å². The molecule has 0 aliphatic carbocycles. The molecule has 0 bridgehead atoms. The van der Waals surface area contributed by atoms with Gasteiger partial charge in [0, 0.05) is 0 Å². The van der Waals surface area contributed by atoms with Crippen LogP contribution in [0.15, 0.2) is 0 Å². The smallest absolute Gasteiger partial charge is 0.219 e. The Labute approximate surface area is 68.6 Å². The first kappa shape index (κ1) is 9.85. The molecule has 6 heteroatoms. The van der Waals surface area contributed by atoms with E-state index in [4.69, 9.17) is 20.4 Å². The van der Waals surface area contributed by atoms with Gasteiger partial charge >= 0.3 is 0 Å². The van der Waals surface area contributed by atoms with Crippen molar-refractivity contribution in [1.82, 2.24) is 0 Å². The number of hydrogen-bond acceptors (Lipinski definition) is 6. The van der Waals surface area contributed by atoms with Gasteiger partial charge in [-0.2, -0.15) is 0 Å². The Morgan fingerprint density at radius 1 is 1.25 bits per heavy atom. The van der Waals surface area contributed by atoms with Gasteiger partial charge in [0.1, 0.15) is 18.3 Å². The van der Waals surface area contributed by atoms with Crippen LogP contribution >= 0.6 is 0 Å². The van der Waals surface area contributed by atoms with Crippen LogP contribution in [0.4, 0.5) is 0 Å². The quantitative estimate of drug-likeness (QED) is 0.306. The van der Waals surface area contributed by atoms with Gasteiger partial charge in [-0.3, -0.25) is 0 Å². The zero-order valence-corrected chi connectivity index (χ0v) is 6.29. The van der Waals surface area contributed by atoms with Crippen molar-refractivity contribution in [2.24, 2.45) is 0 Å². The van der Waals surface area contributed by atoms with Crippen LogP contribution in [0, 0.1) is 0 Å². The number of ether oxygens (including phenoxy) is 1. The first-order chi connectivity index (χ1) is 5.55. The molecule has 1 saturated heterocycles. The van der Waals surface area contributed by atoms with Crippen molar-refractivity contribution in [2.75, 3.05) is 13.2 Å². The normalized spacial score (nSPS) is 48.2. The Hall–Kier alpha value is -0.240. The molecule has 0 aromatic heterocycles. The van der Waals surface area contributed by atoms with Crippen LogP contribution in [0.25, 0.3) is 0 Å². The van der Waals surface area contributed by atoms with Crippen molar-refractivity contribution < 1.29 is 30.3 Å². The van der Waals surface area contributed by atoms with E-state index >= 15 is 0 Å². The standard InChI is InChI=1S/C6H12O6/c7-1-3-4(9)5(10)6(11,2-8)12-3/h3-5,7-11H,1-2H2/t3?,4-,5-,6+/m0/s1. The van der Waals surface area contributed by atoms with Gasteiger partial charge in [-0.05, 0) is 0 Å². The molecule has 1 rings (SSSR count). The van der Waals surface area contributed by atoms with Gasteiger partial charge in [-0.15, -0.1) is 0 Å². The lowest BCUT2D eigenvalue weighted by Gasteiger charge is -2.22. The van der Waals surface area contributed by atoms with Gasteiger partial charge in [0.2, 0.25) is 5.79 Å². The number of aliphatic hydroxyl groups is 5. The molecule has 1 fully saturated rings.